The maximum Gasteiger partial charge on any atom is 0.135 e. The van der Waals surface area contributed by atoms with E-state index in [4.69, 9.17) is 0 Å². The normalized spacial score (nSPS) is 44.6. The predicted octanol–water partition coefficient (Wildman–Crippen LogP) is 2.79. The molecule has 0 radical (unpaired) electrons. The summed E-state index contributed by atoms with van der Waals surface area (Å²) in [6.07, 6.45) is 4.29. The second-order valence-corrected chi connectivity index (χ2v) is 6.26. The van der Waals surface area contributed by atoms with Crippen molar-refractivity contribution in [3.05, 3.63) is 0 Å². The molecule has 16 heavy (non-hydrogen) atoms. The third kappa shape index (κ3) is 1.81. The lowest BCUT2D eigenvalue weighted by atomic mass is 9.56. The Labute approximate surface area is 98.4 Å². The van der Waals surface area contributed by atoms with E-state index in [-0.39, 0.29) is 5.78 Å². The van der Waals surface area contributed by atoms with E-state index < -0.39 is 5.60 Å². The molecule has 0 aliphatic heterocycles. The molecule has 2 aliphatic carbocycles. The van der Waals surface area contributed by atoms with Gasteiger partial charge in [0.1, 0.15) is 5.78 Å². The van der Waals surface area contributed by atoms with Crippen molar-refractivity contribution in [2.24, 2.45) is 23.7 Å². The summed E-state index contributed by atoms with van der Waals surface area (Å²) < 4.78 is 0. The Morgan fingerprint density at radius 3 is 2.62 bits per heavy atom. The first-order chi connectivity index (χ1) is 7.45. The summed E-state index contributed by atoms with van der Waals surface area (Å²) in [6.45, 7) is 6.59. The van der Waals surface area contributed by atoms with Crippen LogP contribution in [0, 0.1) is 23.7 Å². The second kappa shape index (κ2) is 4.14. The molecule has 0 unspecified atom stereocenters. The van der Waals surface area contributed by atoms with E-state index in [0.717, 1.165) is 12.8 Å². The summed E-state index contributed by atoms with van der Waals surface area (Å²) in [7, 11) is 0. The van der Waals surface area contributed by atoms with Crippen molar-refractivity contribution < 1.29 is 9.90 Å². The second-order valence-electron chi connectivity index (χ2n) is 6.26. The number of carbonyl (C=O) groups excluding carboxylic acids is 1. The standard InChI is InChI=1S/C14H24O2/c1-9(2)12-6-4-10(3)13-7-5-11(15)8-14(12,13)16/h9-10,12-13,16H,4-8H2,1-3H3/t10-,12+,13+,14-/m1/s1. The highest BCUT2D eigenvalue weighted by atomic mass is 16.3. The first-order valence-electron chi connectivity index (χ1n) is 6.69. The average molecular weight is 224 g/mol. The van der Waals surface area contributed by atoms with Crippen molar-refractivity contribution >= 4 is 5.78 Å². The zero-order valence-corrected chi connectivity index (χ0v) is 10.7. The highest BCUT2D eigenvalue weighted by Gasteiger charge is 2.52. The van der Waals surface area contributed by atoms with Gasteiger partial charge in [0.25, 0.3) is 0 Å². The molecule has 1 N–H and O–H groups in total. The molecule has 0 aromatic carbocycles. The van der Waals surface area contributed by atoms with Gasteiger partial charge < -0.3 is 5.11 Å². The van der Waals surface area contributed by atoms with Gasteiger partial charge in [-0.05, 0) is 42.9 Å². The summed E-state index contributed by atoms with van der Waals surface area (Å²) in [5.74, 6) is 1.99. The molecule has 0 heterocycles. The van der Waals surface area contributed by atoms with Gasteiger partial charge in [-0.3, -0.25) is 4.79 Å². The Balaban J connectivity index is 2.28. The number of fused-ring (bicyclic) bond motifs is 1. The minimum Gasteiger partial charge on any atom is -0.389 e. The minimum atomic E-state index is -0.693. The lowest BCUT2D eigenvalue weighted by molar-refractivity contribution is -0.162. The van der Waals surface area contributed by atoms with E-state index in [1.807, 2.05) is 0 Å². The Hall–Kier alpha value is -0.370. The van der Waals surface area contributed by atoms with Crippen LogP contribution in [0.2, 0.25) is 0 Å². The van der Waals surface area contributed by atoms with Crippen molar-refractivity contribution in [1.82, 2.24) is 0 Å². The van der Waals surface area contributed by atoms with Crippen LogP contribution in [-0.4, -0.2) is 16.5 Å². The van der Waals surface area contributed by atoms with Crippen LogP contribution >= 0.6 is 0 Å². The van der Waals surface area contributed by atoms with Gasteiger partial charge in [0, 0.05) is 12.8 Å². The number of carbonyl (C=O) groups is 1. The molecule has 2 fully saturated rings. The number of hydrogen-bond donors (Lipinski definition) is 1. The SMILES string of the molecule is CC(C)[C@@H]1CC[C@@H](C)[C@@H]2CCC(=O)C[C@@]12O. The van der Waals surface area contributed by atoms with Crippen LogP contribution in [0.25, 0.3) is 0 Å². The van der Waals surface area contributed by atoms with Gasteiger partial charge in [0.05, 0.1) is 5.60 Å². The lowest BCUT2D eigenvalue weighted by Crippen LogP contribution is -2.56. The minimum absolute atomic E-state index is 0.263. The zero-order chi connectivity index (χ0) is 11.9. The Morgan fingerprint density at radius 1 is 1.31 bits per heavy atom. The Bertz CT molecular complexity index is 280. The van der Waals surface area contributed by atoms with E-state index in [1.54, 1.807) is 0 Å². The number of rotatable bonds is 1. The predicted molar refractivity (Wildman–Crippen MR) is 64.0 cm³/mol. The molecule has 2 saturated carbocycles. The summed E-state index contributed by atoms with van der Waals surface area (Å²) in [6, 6.07) is 0. The number of ketones is 1. The van der Waals surface area contributed by atoms with Gasteiger partial charge in [-0.15, -0.1) is 0 Å². The number of hydrogen-bond acceptors (Lipinski definition) is 2. The maximum absolute atomic E-state index is 11.6. The van der Waals surface area contributed by atoms with Gasteiger partial charge in [-0.1, -0.05) is 20.8 Å². The monoisotopic (exact) mass is 224 g/mol. The van der Waals surface area contributed by atoms with E-state index in [9.17, 15) is 9.90 Å². The van der Waals surface area contributed by atoms with E-state index in [1.165, 1.54) is 6.42 Å². The fraction of sp³-hybridized carbons (Fsp3) is 0.929. The molecule has 0 saturated heterocycles. The molecule has 0 bridgehead atoms. The first kappa shape index (κ1) is 12.1. The van der Waals surface area contributed by atoms with Crippen LogP contribution in [0.1, 0.15) is 52.9 Å². The summed E-state index contributed by atoms with van der Waals surface area (Å²) in [5.41, 5.74) is -0.693. The maximum atomic E-state index is 11.6. The van der Waals surface area contributed by atoms with Crippen LogP contribution in [-0.2, 0) is 4.79 Å². The highest BCUT2D eigenvalue weighted by molar-refractivity contribution is 5.80. The van der Waals surface area contributed by atoms with Gasteiger partial charge in [-0.25, -0.2) is 0 Å². The molecule has 0 amide bonds. The van der Waals surface area contributed by atoms with Crippen molar-refractivity contribution in [1.29, 1.82) is 0 Å². The summed E-state index contributed by atoms with van der Waals surface area (Å²) in [5, 5.41) is 10.9. The Kier molecular flexibility index (Phi) is 3.13. The van der Waals surface area contributed by atoms with E-state index >= 15 is 0 Å². The first-order valence-corrected chi connectivity index (χ1v) is 6.69. The van der Waals surface area contributed by atoms with Crippen molar-refractivity contribution in [2.45, 2.75) is 58.5 Å². The van der Waals surface area contributed by atoms with Crippen LogP contribution in [0.5, 0.6) is 0 Å². The van der Waals surface area contributed by atoms with Crippen LogP contribution in [0.15, 0.2) is 0 Å². The molecule has 92 valence electrons. The largest absolute Gasteiger partial charge is 0.389 e. The van der Waals surface area contributed by atoms with Crippen molar-refractivity contribution in [3.63, 3.8) is 0 Å². The Morgan fingerprint density at radius 2 is 2.00 bits per heavy atom. The highest BCUT2D eigenvalue weighted by Crippen LogP contribution is 2.50. The third-order valence-electron chi connectivity index (χ3n) is 4.92. The fourth-order valence-corrected chi connectivity index (χ4v) is 4.09. The van der Waals surface area contributed by atoms with Crippen molar-refractivity contribution in [3.8, 4) is 0 Å². The summed E-state index contributed by atoms with van der Waals surface area (Å²) >= 11 is 0. The third-order valence-corrected chi connectivity index (χ3v) is 4.92. The smallest absolute Gasteiger partial charge is 0.135 e. The topological polar surface area (TPSA) is 37.3 Å². The van der Waals surface area contributed by atoms with E-state index in [2.05, 4.69) is 20.8 Å². The van der Waals surface area contributed by atoms with Gasteiger partial charge >= 0.3 is 0 Å². The molecule has 0 spiro atoms. The van der Waals surface area contributed by atoms with Gasteiger partial charge in [0.15, 0.2) is 0 Å². The number of aliphatic hydroxyl groups is 1. The van der Waals surface area contributed by atoms with Gasteiger partial charge in [0.2, 0.25) is 0 Å². The number of Topliss-reactive ketones (excluding diaryl/α,β-unsaturated/α-hetero) is 1. The van der Waals surface area contributed by atoms with Crippen molar-refractivity contribution in [2.75, 3.05) is 0 Å². The summed E-state index contributed by atoms with van der Waals surface area (Å²) in [4.78, 5) is 11.6. The van der Waals surface area contributed by atoms with Crippen LogP contribution in [0.4, 0.5) is 0 Å². The molecule has 2 aliphatic rings. The van der Waals surface area contributed by atoms with Gasteiger partial charge in [-0.2, -0.15) is 0 Å². The quantitative estimate of drug-likeness (QED) is 0.743. The molecule has 0 aromatic heterocycles. The van der Waals surface area contributed by atoms with Crippen LogP contribution in [0.3, 0.4) is 0 Å². The molecule has 2 heteroatoms. The average Bonchev–Trinajstić information content (AvgIpc) is 2.15. The molecular weight excluding hydrogens is 200 g/mol. The molecule has 0 aromatic rings. The fourth-order valence-electron chi connectivity index (χ4n) is 4.09. The lowest BCUT2D eigenvalue weighted by Gasteiger charge is -2.52. The molecule has 4 atom stereocenters. The van der Waals surface area contributed by atoms with E-state index in [0.29, 0.717) is 36.5 Å². The molecule has 2 rings (SSSR count). The van der Waals surface area contributed by atoms with Crippen LogP contribution < -0.4 is 0 Å². The molecule has 2 nitrogen and oxygen atoms in total. The zero-order valence-electron chi connectivity index (χ0n) is 10.7. The molecular formula is C14H24O2.